The van der Waals surface area contributed by atoms with E-state index in [1.54, 1.807) is 6.08 Å². The molecule has 3 atom stereocenters. The second-order valence-corrected chi connectivity index (χ2v) is 10.8. The molecular weight excluding hydrogens is 384 g/mol. The van der Waals surface area contributed by atoms with E-state index in [-0.39, 0.29) is 11.8 Å². The minimum absolute atomic E-state index is 0.0698. The van der Waals surface area contributed by atoms with Crippen molar-refractivity contribution in [3.8, 4) is 0 Å². The van der Waals surface area contributed by atoms with Crippen molar-refractivity contribution in [3.63, 3.8) is 0 Å². The number of benzene rings is 1. The molecule has 1 aromatic carbocycles. The maximum atomic E-state index is 12.6. The molecular formula is C23H32N2O3S. The van der Waals surface area contributed by atoms with Gasteiger partial charge in [0.15, 0.2) is 0 Å². The molecule has 0 spiro atoms. The first kappa shape index (κ1) is 20.6. The lowest BCUT2D eigenvalue weighted by molar-refractivity contribution is -0.126. The summed E-state index contributed by atoms with van der Waals surface area (Å²) in [6, 6.07) is 9.42. The first-order chi connectivity index (χ1) is 14.0. The standard InChI is InChI=1S/C23H32N2O3S/c26-23(24-12-8-22-17-19-6-7-21(22)16-19)20-9-13-25(14-10-20)29(27,28)15-11-18-4-2-1-3-5-18/h1-5,11,15,19-22H,6-10,12-14,16-17H2,(H,24,26). The van der Waals surface area contributed by atoms with E-state index < -0.39 is 10.0 Å². The van der Waals surface area contributed by atoms with Crippen molar-refractivity contribution in [2.75, 3.05) is 19.6 Å². The van der Waals surface area contributed by atoms with Gasteiger partial charge in [-0.25, -0.2) is 8.42 Å². The van der Waals surface area contributed by atoms with E-state index in [9.17, 15) is 13.2 Å². The lowest BCUT2D eigenvalue weighted by Gasteiger charge is -2.30. The molecule has 1 aliphatic heterocycles. The van der Waals surface area contributed by atoms with Crippen LogP contribution in [0, 0.1) is 23.7 Å². The van der Waals surface area contributed by atoms with Crippen molar-refractivity contribution in [1.29, 1.82) is 0 Å². The van der Waals surface area contributed by atoms with Crippen LogP contribution in [0.2, 0.25) is 0 Å². The summed E-state index contributed by atoms with van der Waals surface area (Å²) in [5, 5.41) is 4.39. The van der Waals surface area contributed by atoms with Gasteiger partial charge in [-0.05, 0) is 67.9 Å². The van der Waals surface area contributed by atoms with Crippen molar-refractivity contribution < 1.29 is 13.2 Å². The highest BCUT2D eigenvalue weighted by atomic mass is 32.2. The van der Waals surface area contributed by atoms with Crippen LogP contribution in [0.15, 0.2) is 35.7 Å². The zero-order chi connectivity index (χ0) is 20.3. The summed E-state index contributed by atoms with van der Waals surface area (Å²) < 4.78 is 26.6. The summed E-state index contributed by atoms with van der Waals surface area (Å²) in [6.07, 6.45) is 9.48. The minimum Gasteiger partial charge on any atom is -0.356 e. The first-order valence-electron chi connectivity index (χ1n) is 11.0. The molecule has 3 fully saturated rings. The fraction of sp³-hybridized carbons (Fsp3) is 0.609. The topological polar surface area (TPSA) is 66.5 Å². The molecule has 1 N–H and O–H groups in total. The Kier molecular flexibility index (Phi) is 6.40. The SMILES string of the molecule is O=C(NCCC1CC2CCC1C2)C1CCN(S(=O)(=O)C=Cc2ccccc2)CC1. The molecule has 6 heteroatoms. The second-order valence-electron chi connectivity index (χ2n) is 8.95. The Morgan fingerprint density at radius 1 is 1.07 bits per heavy atom. The summed E-state index contributed by atoms with van der Waals surface area (Å²) in [4.78, 5) is 12.5. The van der Waals surface area contributed by atoms with Gasteiger partial charge in [0, 0.05) is 31.0 Å². The third kappa shape index (κ3) is 5.10. The maximum Gasteiger partial charge on any atom is 0.236 e. The van der Waals surface area contributed by atoms with Crippen molar-refractivity contribution in [2.24, 2.45) is 23.7 Å². The molecule has 158 valence electrons. The zero-order valence-electron chi connectivity index (χ0n) is 17.0. The van der Waals surface area contributed by atoms with Crippen molar-refractivity contribution in [3.05, 3.63) is 41.3 Å². The van der Waals surface area contributed by atoms with E-state index >= 15 is 0 Å². The highest BCUT2D eigenvalue weighted by molar-refractivity contribution is 7.92. The van der Waals surface area contributed by atoms with E-state index in [4.69, 9.17) is 0 Å². The van der Waals surface area contributed by atoms with Crippen LogP contribution in [-0.2, 0) is 14.8 Å². The summed E-state index contributed by atoms with van der Waals surface area (Å²) in [6.45, 7) is 1.59. The monoisotopic (exact) mass is 416 g/mol. The second kappa shape index (κ2) is 9.00. The predicted octanol–water partition coefficient (Wildman–Crippen LogP) is 3.64. The molecule has 0 radical (unpaired) electrons. The highest BCUT2D eigenvalue weighted by Crippen LogP contribution is 2.49. The van der Waals surface area contributed by atoms with Crippen LogP contribution in [0.1, 0.15) is 50.5 Å². The zero-order valence-corrected chi connectivity index (χ0v) is 17.8. The highest BCUT2D eigenvalue weighted by Gasteiger charge is 2.39. The van der Waals surface area contributed by atoms with Gasteiger partial charge in [-0.15, -0.1) is 0 Å². The van der Waals surface area contributed by atoms with E-state index in [0.29, 0.717) is 25.9 Å². The van der Waals surface area contributed by atoms with Gasteiger partial charge >= 0.3 is 0 Å². The third-order valence-electron chi connectivity index (χ3n) is 7.12. The Hall–Kier alpha value is -1.66. The van der Waals surface area contributed by atoms with Crippen molar-refractivity contribution in [1.82, 2.24) is 9.62 Å². The molecule has 1 amide bonds. The van der Waals surface area contributed by atoms with E-state index in [1.165, 1.54) is 35.4 Å². The van der Waals surface area contributed by atoms with Crippen LogP contribution in [0.25, 0.3) is 6.08 Å². The van der Waals surface area contributed by atoms with Crippen molar-refractivity contribution in [2.45, 2.75) is 44.9 Å². The predicted molar refractivity (Wildman–Crippen MR) is 115 cm³/mol. The number of rotatable bonds is 7. The summed E-state index contributed by atoms with van der Waals surface area (Å²) in [5.74, 6) is 2.68. The molecule has 1 saturated heterocycles. The molecule has 3 unspecified atom stereocenters. The van der Waals surface area contributed by atoms with Crippen LogP contribution < -0.4 is 5.32 Å². The number of hydrogen-bond acceptors (Lipinski definition) is 3. The Balaban J connectivity index is 1.20. The number of amides is 1. The number of hydrogen-bond donors (Lipinski definition) is 1. The van der Waals surface area contributed by atoms with Gasteiger partial charge in [0.1, 0.15) is 0 Å². The number of fused-ring (bicyclic) bond motifs is 2. The van der Waals surface area contributed by atoms with Gasteiger partial charge in [0.25, 0.3) is 0 Å². The first-order valence-corrected chi connectivity index (χ1v) is 12.5. The molecule has 2 saturated carbocycles. The van der Waals surface area contributed by atoms with Gasteiger partial charge < -0.3 is 5.32 Å². The largest absolute Gasteiger partial charge is 0.356 e. The Bertz CT molecular complexity index is 829. The third-order valence-corrected chi connectivity index (χ3v) is 8.68. The average Bonchev–Trinajstić information content (AvgIpc) is 3.36. The molecule has 1 aromatic rings. The van der Waals surface area contributed by atoms with Gasteiger partial charge in [0.2, 0.25) is 15.9 Å². The lowest BCUT2D eigenvalue weighted by Crippen LogP contribution is -2.42. The number of sulfonamides is 1. The summed E-state index contributed by atoms with van der Waals surface area (Å²) >= 11 is 0. The molecule has 3 aliphatic rings. The number of nitrogens with zero attached hydrogens (tertiary/aromatic N) is 1. The lowest BCUT2D eigenvalue weighted by atomic mass is 9.86. The fourth-order valence-corrected chi connectivity index (χ4v) is 6.66. The number of nitrogens with one attached hydrogen (secondary N) is 1. The minimum atomic E-state index is -3.44. The molecule has 2 aliphatic carbocycles. The molecule has 4 rings (SSSR count). The smallest absolute Gasteiger partial charge is 0.236 e. The van der Waals surface area contributed by atoms with Crippen molar-refractivity contribution >= 4 is 22.0 Å². The normalized spacial score (nSPS) is 28.2. The molecule has 29 heavy (non-hydrogen) atoms. The van der Waals surface area contributed by atoms with E-state index in [2.05, 4.69) is 5.32 Å². The van der Waals surface area contributed by atoms with Gasteiger partial charge in [-0.2, -0.15) is 4.31 Å². The molecule has 2 bridgehead atoms. The van der Waals surface area contributed by atoms with Gasteiger partial charge in [0.05, 0.1) is 0 Å². The van der Waals surface area contributed by atoms with Crippen LogP contribution in [0.5, 0.6) is 0 Å². The number of piperidine rings is 1. The molecule has 1 heterocycles. The number of carbonyl (C=O) groups excluding carboxylic acids is 1. The van der Waals surface area contributed by atoms with Crippen LogP contribution in [0.3, 0.4) is 0 Å². The molecule has 0 aromatic heterocycles. The van der Waals surface area contributed by atoms with Gasteiger partial charge in [-0.3, -0.25) is 4.79 Å². The van der Waals surface area contributed by atoms with Crippen LogP contribution in [-0.4, -0.2) is 38.3 Å². The maximum absolute atomic E-state index is 12.6. The van der Waals surface area contributed by atoms with Crippen LogP contribution in [0.4, 0.5) is 0 Å². The van der Waals surface area contributed by atoms with Crippen LogP contribution >= 0.6 is 0 Å². The van der Waals surface area contributed by atoms with Gasteiger partial charge in [-0.1, -0.05) is 36.8 Å². The Morgan fingerprint density at radius 2 is 1.83 bits per heavy atom. The van der Waals surface area contributed by atoms with E-state index in [0.717, 1.165) is 36.3 Å². The summed E-state index contributed by atoms with van der Waals surface area (Å²) in [5.41, 5.74) is 0.862. The Labute approximate surface area is 174 Å². The number of carbonyl (C=O) groups is 1. The Morgan fingerprint density at radius 3 is 2.48 bits per heavy atom. The quantitative estimate of drug-likeness (QED) is 0.738. The summed E-state index contributed by atoms with van der Waals surface area (Å²) in [7, 11) is -3.44. The molecule has 5 nitrogen and oxygen atoms in total. The van der Waals surface area contributed by atoms with E-state index in [1.807, 2.05) is 30.3 Å². The average molecular weight is 417 g/mol. The fourth-order valence-electron chi connectivity index (χ4n) is 5.44.